The van der Waals surface area contributed by atoms with Gasteiger partial charge in [0.05, 0.1) is 16.8 Å². The number of anilines is 1. The largest absolute Gasteiger partial charge is 0.478 e. The number of halogens is 2. The van der Waals surface area contributed by atoms with Crippen LogP contribution >= 0.6 is 0 Å². The van der Waals surface area contributed by atoms with E-state index >= 15 is 0 Å². The standard InChI is InChI=1S/C15H11F2NO3/c1-8-2-5-13(11(6-8)15(20)21)18-14(19)10-4-3-9(16)7-12(10)17/h2-7H,1H3,(H,18,19)(H,20,21). The van der Waals surface area contributed by atoms with Crippen LogP contribution in [0.25, 0.3) is 0 Å². The topological polar surface area (TPSA) is 66.4 Å². The highest BCUT2D eigenvalue weighted by Gasteiger charge is 2.16. The summed E-state index contributed by atoms with van der Waals surface area (Å²) in [4.78, 5) is 23.1. The van der Waals surface area contributed by atoms with Crippen molar-refractivity contribution in [2.75, 3.05) is 5.32 Å². The first-order chi connectivity index (χ1) is 9.88. The molecule has 0 heterocycles. The SMILES string of the molecule is Cc1ccc(NC(=O)c2ccc(F)cc2F)c(C(=O)O)c1. The van der Waals surface area contributed by atoms with Crippen molar-refractivity contribution in [3.05, 3.63) is 64.7 Å². The molecule has 0 aliphatic carbocycles. The number of aryl methyl sites for hydroxylation is 1. The van der Waals surface area contributed by atoms with Gasteiger partial charge in [-0.05, 0) is 31.2 Å². The van der Waals surface area contributed by atoms with Crippen LogP contribution in [0.15, 0.2) is 36.4 Å². The smallest absolute Gasteiger partial charge is 0.337 e. The molecular formula is C15H11F2NO3. The number of rotatable bonds is 3. The first-order valence-corrected chi connectivity index (χ1v) is 5.99. The van der Waals surface area contributed by atoms with Gasteiger partial charge in [-0.2, -0.15) is 0 Å². The van der Waals surface area contributed by atoms with Gasteiger partial charge < -0.3 is 10.4 Å². The van der Waals surface area contributed by atoms with E-state index in [-0.39, 0.29) is 16.8 Å². The van der Waals surface area contributed by atoms with E-state index in [1.807, 2.05) is 0 Å². The molecule has 0 radical (unpaired) electrons. The molecule has 0 saturated carbocycles. The maximum absolute atomic E-state index is 13.5. The van der Waals surface area contributed by atoms with Gasteiger partial charge >= 0.3 is 5.97 Å². The summed E-state index contributed by atoms with van der Waals surface area (Å²) in [6.07, 6.45) is 0. The van der Waals surface area contributed by atoms with Gasteiger partial charge in [-0.25, -0.2) is 13.6 Å². The minimum Gasteiger partial charge on any atom is -0.478 e. The van der Waals surface area contributed by atoms with E-state index in [1.165, 1.54) is 12.1 Å². The van der Waals surface area contributed by atoms with E-state index in [1.54, 1.807) is 13.0 Å². The number of carbonyl (C=O) groups is 2. The van der Waals surface area contributed by atoms with Gasteiger partial charge in [0.1, 0.15) is 11.6 Å². The van der Waals surface area contributed by atoms with E-state index < -0.39 is 23.5 Å². The summed E-state index contributed by atoms with van der Waals surface area (Å²) in [7, 11) is 0. The molecule has 2 rings (SSSR count). The number of carboxylic acids is 1. The van der Waals surface area contributed by atoms with Crippen LogP contribution in [0, 0.1) is 18.6 Å². The molecule has 0 unspecified atom stereocenters. The minimum atomic E-state index is -1.21. The molecule has 4 nitrogen and oxygen atoms in total. The molecule has 108 valence electrons. The van der Waals surface area contributed by atoms with Gasteiger partial charge in [-0.3, -0.25) is 4.79 Å². The monoisotopic (exact) mass is 291 g/mol. The second kappa shape index (κ2) is 5.70. The molecule has 2 aromatic rings. The van der Waals surface area contributed by atoms with Gasteiger partial charge in [-0.1, -0.05) is 11.6 Å². The number of carbonyl (C=O) groups excluding carboxylic acids is 1. The van der Waals surface area contributed by atoms with Gasteiger partial charge in [-0.15, -0.1) is 0 Å². The van der Waals surface area contributed by atoms with Gasteiger partial charge in [0, 0.05) is 6.07 Å². The third kappa shape index (κ3) is 3.22. The average Bonchev–Trinajstić information content (AvgIpc) is 2.40. The highest BCUT2D eigenvalue weighted by Crippen LogP contribution is 2.19. The Morgan fingerprint density at radius 2 is 1.76 bits per heavy atom. The first-order valence-electron chi connectivity index (χ1n) is 5.99. The average molecular weight is 291 g/mol. The van der Waals surface area contributed by atoms with Crippen molar-refractivity contribution >= 4 is 17.6 Å². The summed E-state index contributed by atoms with van der Waals surface area (Å²) in [5, 5.41) is 11.4. The Morgan fingerprint density at radius 1 is 1.05 bits per heavy atom. The Kier molecular flexibility index (Phi) is 3.98. The van der Waals surface area contributed by atoms with Crippen molar-refractivity contribution in [3.63, 3.8) is 0 Å². The zero-order valence-electron chi connectivity index (χ0n) is 11.0. The van der Waals surface area contributed by atoms with Crippen LogP contribution in [0.5, 0.6) is 0 Å². The molecule has 0 aliphatic heterocycles. The second-order valence-corrected chi connectivity index (χ2v) is 4.43. The molecule has 0 aliphatic rings. The number of hydrogen-bond acceptors (Lipinski definition) is 2. The second-order valence-electron chi connectivity index (χ2n) is 4.43. The summed E-state index contributed by atoms with van der Waals surface area (Å²) in [5.41, 5.74) is 0.277. The maximum Gasteiger partial charge on any atom is 0.337 e. The zero-order chi connectivity index (χ0) is 15.6. The van der Waals surface area contributed by atoms with Crippen LogP contribution in [0.2, 0.25) is 0 Å². The molecular weight excluding hydrogens is 280 g/mol. The lowest BCUT2D eigenvalue weighted by molar-refractivity contribution is 0.0698. The number of benzene rings is 2. The van der Waals surface area contributed by atoms with Crippen molar-refractivity contribution < 1.29 is 23.5 Å². The van der Waals surface area contributed by atoms with Crippen LogP contribution in [0.3, 0.4) is 0 Å². The third-order valence-electron chi connectivity index (χ3n) is 2.83. The Bertz CT molecular complexity index is 729. The fraction of sp³-hybridized carbons (Fsp3) is 0.0667. The number of carboxylic acid groups (broad SMARTS) is 1. The van der Waals surface area contributed by atoms with Crippen LogP contribution in [-0.4, -0.2) is 17.0 Å². The Morgan fingerprint density at radius 3 is 2.38 bits per heavy atom. The lowest BCUT2D eigenvalue weighted by Gasteiger charge is -2.10. The number of aromatic carboxylic acids is 1. The molecule has 0 aromatic heterocycles. The number of nitrogens with one attached hydrogen (secondary N) is 1. The highest BCUT2D eigenvalue weighted by atomic mass is 19.1. The fourth-order valence-corrected chi connectivity index (χ4v) is 1.81. The minimum absolute atomic E-state index is 0.0434. The van der Waals surface area contributed by atoms with Crippen LogP contribution in [0.1, 0.15) is 26.3 Å². The molecule has 0 spiro atoms. The first kappa shape index (κ1) is 14.6. The molecule has 2 N–H and O–H groups in total. The van der Waals surface area contributed by atoms with E-state index in [4.69, 9.17) is 5.11 Å². The molecule has 2 aromatic carbocycles. The number of amides is 1. The summed E-state index contributed by atoms with van der Waals surface area (Å²) < 4.78 is 26.3. The molecule has 0 saturated heterocycles. The van der Waals surface area contributed by atoms with Crippen LogP contribution < -0.4 is 5.32 Å². The van der Waals surface area contributed by atoms with Crippen molar-refractivity contribution in [2.24, 2.45) is 0 Å². The molecule has 0 atom stereocenters. The van der Waals surface area contributed by atoms with Gasteiger partial charge in [0.2, 0.25) is 0 Å². The molecule has 21 heavy (non-hydrogen) atoms. The fourth-order valence-electron chi connectivity index (χ4n) is 1.81. The van der Waals surface area contributed by atoms with Gasteiger partial charge in [0.25, 0.3) is 5.91 Å². The third-order valence-corrected chi connectivity index (χ3v) is 2.83. The maximum atomic E-state index is 13.5. The Hall–Kier alpha value is -2.76. The molecule has 0 fully saturated rings. The van der Waals surface area contributed by atoms with Crippen molar-refractivity contribution in [1.29, 1.82) is 0 Å². The van der Waals surface area contributed by atoms with Gasteiger partial charge in [0.15, 0.2) is 0 Å². The van der Waals surface area contributed by atoms with Crippen LogP contribution in [-0.2, 0) is 0 Å². The zero-order valence-corrected chi connectivity index (χ0v) is 11.0. The lowest BCUT2D eigenvalue weighted by Crippen LogP contribution is -2.16. The summed E-state index contributed by atoms with van der Waals surface area (Å²) in [6.45, 7) is 1.71. The summed E-state index contributed by atoms with van der Waals surface area (Å²) in [5.74, 6) is -3.88. The van der Waals surface area contributed by atoms with E-state index in [0.717, 1.165) is 12.1 Å². The quantitative estimate of drug-likeness (QED) is 0.912. The van der Waals surface area contributed by atoms with E-state index in [9.17, 15) is 18.4 Å². The van der Waals surface area contributed by atoms with Crippen molar-refractivity contribution in [1.82, 2.24) is 0 Å². The highest BCUT2D eigenvalue weighted by molar-refractivity contribution is 6.07. The number of hydrogen-bond donors (Lipinski definition) is 2. The predicted octanol–water partition coefficient (Wildman–Crippen LogP) is 3.22. The van der Waals surface area contributed by atoms with E-state index in [0.29, 0.717) is 11.6 Å². The molecule has 1 amide bonds. The van der Waals surface area contributed by atoms with E-state index in [2.05, 4.69) is 5.32 Å². The van der Waals surface area contributed by atoms with Crippen LogP contribution in [0.4, 0.5) is 14.5 Å². The normalized spacial score (nSPS) is 10.2. The molecule has 0 bridgehead atoms. The Balaban J connectivity index is 2.34. The molecule has 6 heteroatoms. The lowest BCUT2D eigenvalue weighted by atomic mass is 10.1. The summed E-state index contributed by atoms with van der Waals surface area (Å²) in [6, 6.07) is 6.95. The Labute approximate surface area is 119 Å². The predicted molar refractivity (Wildman–Crippen MR) is 72.4 cm³/mol. The summed E-state index contributed by atoms with van der Waals surface area (Å²) >= 11 is 0. The van der Waals surface area contributed by atoms with Crippen molar-refractivity contribution in [3.8, 4) is 0 Å². The van der Waals surface area contributed by atoms with Crippen molar-refractivity contribution in [2.45, 2.75) is 6.92 Å².